The first-order valence-corrected chi connectivity index (χ1v) is 7.30. The summed E-state index contributed by atoms with van der Waals surface area (Å²) < 4.78 is 0. The zero-order valence-electron chi connectivity index (χ0n) is 8.59. The molecule has 1 nitrogen and oxygen atoms in total. The predicted octanol–water partition coefficient (Wildman–Crippen LogP) is 4.11. The molecular formula is C11H12BrClOS. The van der Waals surface area contributed by atoms with Crippen molar-refractivity contribution in [2.75, 3.05) is 6.26 Å². The fourth-order valence-electron chi connectivity index (χ4n) is 1.34. The standard InChI is InChI=1S/C11H12BrClOS/c1-7(13)11(14)10-8(6-12)4-3-5-9(10)15-2/h3-5,7H,6H2,1-2H3. The van der Waals surface area contributed by atoms with Crippen molar-refractivity contribution in [3.8, 4) is 0 Å². The maximum atomic E-state index is 11.9. The molecule has 0 N–H and O–H groups in total. The monoisotopic (exact) mass is 306 g/mol. The van der Waals surface area contributed by atoms with E-state index in [0.29, 0.717) is 5.33 Å². The third kappa shape index (κ3) is 2.99. The van der Waals surface area contributed by atoms with Gasteiger partial charge in [0.05, 0.1) is 5.38 Å². The lowest BCUT2D eigenvalue weighted by Crippen LogP contribution is -2.14. The maximum Gasteiger partial charge on any atom is 0.181 e. The highest BCUT2D eigenvalue weighted by molar-refractivity contribution is 9.08. The molecular weight excluding hydrogens is 296 g/mol. The average molecular weight is 308 g/mol. The summed E-state index contributed by atoms with van der Waals surface area (Å²) in [5, 5.41) is 0.197. The van der Waals surface area contributed by atoms with Gasteiger partial charge in [0.1, 0.15) is 0 Å². The first-order valence-electron chi connectivity index (χ1n) is 4.52. The van der Waals surface area contributed by atoms with Crippen LogP contribution in [0.2, 0.25) is 0 Å². The van der Waals surface area contributed by atoms with Crippen molar-refractivity contribution in [3.05, 3.63) is 29.3 Å². The summed E-state index contributed by atoms with van der Waals surface area (Å²) in [5.74, 6) is -0.00364. The number of halogens is 2. The first kappa shape index (κ1) is 13.1. The van der Waals surface area contributed by atoms with E-state index in [1.807, 2.05) is 24.5 Å². The summed E-state index contributed by atoms with van der Waals surface area (Å²) in [6.45, 7) is 1.71. The normalized spacial score (nSPS) is 12.5. The van der Waals surface area contributed by atoms with Crippen molar-refractivity contribution in [2.45, 2.75) is 22.5 Å². The molecule has 0 spiro atoms. The number of carbonyl (C=O) groups is 1. The molecule has 0 aliphatic carbocycles. The van der Waals surface area contributed by atoms with Crippen LogP contribution in [0.3, 0.4) is 0 Å². The lowest BCUT2D eigenvalue weighted by Gasteiger charge is -2.11. The Bertz CT molecular complexity index is 343. The van der Waals surface area contributed by atoms with E-state index in [4.69, 9.17) is 11.6 Å². The van der Waals surface area contributed by atoms with Gasteiger partial charge in [-0.2, -0.15) is 0 Å². The molecule has 1 unspecified atom stereocenters. The molecule has 1 aromatic rings. The minimum atomic E-state index is -0.476. The highest BCUT2D eigenvalue weighted by Crippen LogP contribution is 2.27. The summed E-state index contributed by atoms with van der Waals surface area (Å²) in [5.41, 5.74) is 1.75. The predicted molar refractivity (Wildman–Crippen MR) is 70.5 cm³/mol. The molecule has 0 aromatic heterocycles. The number of thioether (sulfide) groups is 1. The second-order valence-electron chi connectivity index (χ2n) is 3.11. The van der Waals surface area contributed by atoms with E-state index in [9.17, 15) is 4.79 Å². The van der Waals surface area contributed by atoms with E-state index in [1.54, 1.807) is 18.7 Å². The van der Waals surface area contributed by atoms with Gasteiger partial charge in [-0.1, -0.05) is 28.1 Å². The number of hydrogen-bond acceptors (Lipinski definition) is 2. The Morgan fingerprint density at radius 3 is 2.73 bits per heavy atom. The molecule has 0 saturated carbocycles. The van der Waals surface area contributed by atoms with Gasteiger partial charge in [-0.3, -0.25) is 4.79 Å². The smallest absolute Gasteiger partial charge is 0.181 e. The van der Waals surface area contributed by atoms with Crippen molar-refractivity contribution >= 4 is 45.1 Å². The molecule has 1 rings (SSSR count). The number of alkyl halides is 2. The molecule has 0 saturated heterocycles. The van der Waals surface area contributed by atoms with E-state index in [2.05, 4.69) is 15.9 Å². The van der Waals surface area contributed by atoms with Gasteiger partial charge in [-0.05, 0) is 24.8 Å². The second kappa shape index (κ2) is 5.92. The minimum Gasteiger partial charge on any atom is -0.292 e. The fourth-order valence-corrected chi connectivity index (χ4v) is 2.56. The van der Waals surface area contributed by atoms with Crippen LogP contribution in [0.25, 0.3) is 0 Å². The van der Waals surface area contributed by atoms with E-state index in [0.717, 1.165) is 16.0 Å². The van der Waals surface area contributed by atoms with Gasteiger partial charge in [0.15, 0.2) is 5.78 Å². The Morgan fingerprint density at radius 2 is 2.27 bits per heavy atom. The van der Waals surface area contributed by atoms with Gasteiger partial charge in [-0.15, -0.1) is 23.4 Å². The lowest BCUT2D eigenvalue weighted by atomic mass is 10.0. The van der Waals surface area contributed by atoms with Crippen LogP contribution in [0.15, 0.2) is 23.1 Å². The van der Waals surface area contributed by atoms with Crippen molar-refractivity contribution in [3.63, 3.8) is 0 Å². The number of ketones is 1. The summed E-state index contributed by atoms with van der Waals surface area (Å²) in [6.07, 6.45) is 1.96. The zero-order valence-corrected chi connectivity index (χ0v) is 11.7. The lowest BCUT2D eigenvalue weighted by molar-refractivity contribution is 0.0988. The molecule has 0 heterocycles. The number of benzene rings is 1. The summed E-state index contributed by atoms with van der Waals surface area (Å²) >= 11 is 10.8. The van der Waals surface area contributed by atoms with Gasteiger partial charge >= 0.3 is 0 Å². The Hall–Kier alpha value is 0.01000. The van der Waals surface area contributed by atoms with Gasteiger partial charge in [0, 0.05) is 15.8 Å². The SMILES string of the molecule is CSc1cccc(CBr)c1C(=O)C(C)Cl. The number of hydrogen-bond donors (Lipinski definition) is 0. The van der Waals surface area contributed by atoms with Gasteiger partial charge < -0.3 is 0 Å². The molecule has 0 radical (unpaired) electrons. The van der Waals surface area contributed by atoms with Crippen molar-refractivity contribution in [2.24, 2.45) is 0 Å². The number of Topliss-reactive ketones (excluding diaryl/α,β-unsaturated/α-hetero) is 1. The Labute approximate surface area is 108 Å². The first-order chi connectivity index (χ1) is 7.11. The van der Waals surface area contributed by atoms with Crippen LogP contribution in [-0.2, 0) is 5.33 Å². The Balaban J connectivity index is 3.28. The van der Waals surface area contributed by atoms with Crippen LogP contribution >= 0.6 is 39.3 Å². The summed E-state index contributed by atoms with van der Waals surface area (Å²) in [4.78, 5) is 12.9. The van der Waals surface area contributed by atoms with Crippen molar-refractivity contribution in [1.82, 2.24) is 0 Å². The molecule has 0 amide bonds. The summed E-state index contributed by atoms with van der Waals surface area (Å²) in [7, 11) is 0. The molecule has 1 atom stereocenters. The minimum absolute atomic E-state index is 0.00364. The molecule has 0 aliphatic rings. The zero-order chi connectivity index (χ0) is 11.4. The quantitative estimate of drug-likeness (QED) is 0.473. The van der Waals surface area contributed by atoms with Crippen molar-refractivity contribution < 1.29 is 4.79 Å². The fraction of sp³-hybridized carbons (Fsp3) is 0.364. The largest absolute Gasteiger partial charge is 0.292 e. The van der Waals surface area contributed by atoms with E-state index >= 15 is 0 Å². The van der Waals surface area contributed by atoms with Crippen LogP contribution < -0.4 is 0 Å². The highest BCUT2D eigenvalue weighted by Gasteiger charge is 2.19. The number of carbonyl (C=O) groups excluding carboxylic acids is 1. The van der Waals surface area contributed by atoms with Crippen LogP contribution in [0.5, 0.6) is 0 Å². The van der Waals surface area contributed by atoms with Crippen LogP contribution in [0, 0.1) is 0 Å². The number of rotatable bonds is 4. The van der Waals surface area contributed by atoms with E-state index < -0.39 is 5.38 Å². The van der Waals surface area contributed by atoms with Crippen LogP contribution in [0.1, 0.15) is 22.8 Å². The van der Waals surface area contributed by atoms with Crippen LogP contribution in [0.4, 0.5) is 0 Å². The molecule has 0 aliphatic heterocycles. The third-order valence-corrected chi connectivity index (χ3v) is 3.67. The molecule has 4 heteroatoms. The highest BCUT2D eigenvalue weighted by atomic mass is 79.9. The summed E-state index contributed by atoms with van der Waals surface area (Å²) in [6, 6.07) is 5.85. The topological polar surface area (TPSA) is 17.1 Å². The molecule has 0 fully saturated rings. The maximum absolute atomic E-state index is 11.9. The second-order valence-corrected chi connectivity index (χ2v) is 5.17. The Morgan fingerprint density at radius 1 is 1.60 bits per heavy atom. The third-order valence-electron chi connectivity index (χ3n) is 2.08. The van der Waals surface area contributed by atoms with E-state index in [-0.39, 0.29) is 5.78 Å². The molecule has 15 heavy (non-hydrogen) atoms. The average Bonchev–Trinajstić information content (AvgIpc) is 2.26. The van der Waals surface area contributed by atoms with Gasteiger partial charge in [0.2, 0.25) is 0 Å². The molecule has 1 aromatic carbocycles. The van der Waals surface area contributed by atoms with Crippen molar-refractivity contribution in [1.29, 1.82) is 0 Å². The van der Waals surface area contributed by atoms with E-state index in [1.165, 1.54) is 0 Å². The van der Waals surface area contributed by atoms with Gasteiger partial charge in [0.25, 0.3) is 0 Å². The van der Waals surface area contributed by atoms with Crippen LogP contribution in [-0.4, -0.2) is 17.4 Å². The molecule has 82 valence electrons. The van der Waals surface area contributed by atoms with Gasteiger partial charge in [-0.25, -0.2) is 0 Å². The molecule has 0 bridgehead atoms. The Kier molecular flexibility index (Phi) is 5.16.